The largest absolute Gasteiger partial charge is 0.495 e. The summed E-state index contributed by atoms with van der Waals surface area (Å²) >= 11 is 6.07. The van der Waals surface area contributed by atoms with E-state index in [0.717, 1.165) is 24.9 Å². The first kappa shape index (κ1) is 16.6. The molecule has 2 amide bonds. The van der Waals surface area contributed by atoms with Gasteiger partial charge in [-0.3, -0.25) is 9.59 Å². The van der Waals surface area contributed by atoms with Gasteiger partial charge in [0, 0.05) is 31.1 Å². The number of carbonyl (C=O) groups excluding carboxylic acids is 2. The third-order valence-corrected chi connectivity index (χ3v) is 4.38. The van der Waals surface area contributed by atoms with Crippen molar-refractivity contribution in [2.75, 3.05) is 25.5 Å². The van der Waals surface area contributed by atoms with Crippen molar-refractivity contribution in [1.82, 2.24) is 4.90 Å². The molecule has 0 saturated carbocycles. The van der Waals surface area contributed by atoms with Crippen molar-refractivity contribution in [3.63, 3.8) is 0 Å². The van der Waals surface area contributed by atoms with Crippen LogP contribution in [0.4, 0.5) is 5.69 Å². The van der Waals surface area contributed by atoms with Crippen LogP contribution < -0.4 is 10.1 Å². The normalized spacial score (nSPS) is 18.0. The number of benzene rings is 1. The van der Waals surface area contributed by atoms with Gasteiger partial charge < -0.3 is 15.0 Å². The molecule has 1 heterocycles. The fourth-order valence-corrected chi connectivity index (χ4v) is 2.80. The summed E-state index contributed by atoms with van der Waals surface area (Å²) in [5.74, 6) is 0.255. The molecule has 1 N–H and O–H groups in total. The van der Waals surface area contributed by atoms with E-state index in [0.29, 0.717) is 23.0 Å². The summed E-state index contributed by atoms with van der Waals surface area (Å²) in [6.07, 6.45) is 1.62. The van der Waals surface area contributed by atoms with Gasteiger partial charge in [0.05, 0.1) is 18.7 Å². The van der Waals surface area contributed by atoms with E-state index in [1.165, 1.54) is 14.0 Å². The number of carbonyl (C=O) groups is 2. The molecule has 0 spiro atoms. The topological polar surface area (TPSA) is 58.6 Å². The van der Waals surface area contributed by atoms with Crippen molar-refractivity contribution in [3.05, 3.63) is 22.7 Å². The summed E-state index contributed by atoms with van der Waals surface area (Å²) in [6.45, 7) is 4.60. The lowest BCUT2D eigenvalue weighted by Crippen LogP contribution is -2.42. The maximum Gasteiger partial charge on any atom is 0.229 e. The highest BCUT2D eigenvalue weighted by Gasteiger charge is 2.27. The highest BCUT2D eigenvalue weighted by Crippen LogP contribution is 2.31. The molecule has 120 valence electrons. The number of ether oxygens (including phenoxy) is 1. The summed E-state index contributed by atoms with van der Waals surface area (Å²) in [6, 6.07) is 3.49. The number of rotatable bonds is 3. The minimum Gasteiger partial charge on any atom is -0.495 e. The molecule has 1 fully saturated rings. The van der Waals surface area contributed by atoms with Gasteiger partial charge in [-0.25, -0.2) is 0 Å². The molecule has 6 heteroatoms. The van der Waals surface area contributed by atoms with E-state index >= 15 is 0 Å². The third kappa shape index (κ3) is 3.71. The van der Waals surface area contributed by atoms with E-state index < -0.39 is 0 Å². The summed E-state index contributed by atoms with van der Waals surface area (Å²) in [5.41, 5.74) is 1.47. The van der Waals surface area contributed by atoms with Crippen molar-refractivity contribution in [1.29, 1.82) is 0 Å². The zero-order valence-electron chi connectivity index (χ0n) is 13.1. The lowest BCUT2D eigenvalue weighted by atomic mass is 9.97. The van der Waals surface area contributed by atoms with Crippen molar-refractivity contribution in [2.24, 2.45) is 5.92 Å². The van der Waals surface area contributed by atoms with Crippen LogP contribution in [-0.2, 0) is 9.59 Å². The molecular weight excluding hydrogens is 304 g/mol. The average Bonchev–Trinajstić information content (AvgIpc) is 2.50. The van der Waals surface area contributed by atoms with Crippen LogP contribution in [-0.4, -0.2) is 36.9 Å². The van der Waals surface area contributed by atoms with Gasteiger partial charge in [0.15, 0.2) is 0 Å². The lowest BCUT2D eigenvalue weighted by Gasteiger charge is -2.31. The first-order valence-electron chi connectivity index (χ1n) is 7.33. The van der Waals surface area contributed by atoms with Crippen LogP contribution in [0, 0.1) is 12.8 Å². The van der Waals surface area contributed by atoms with E-state index in [4.69, 9.17) is 16.3 Å². The second kappa shape index (κ2) is 7.01. The minimum atomic E-state index is -0.196. The first-order valence-corrected chi connectivity index (χ1v) is 7.70. The Hall–Kier alpha value is -1.75. The third-order valence-electron chi connectivity index (χ3n) is 3.98. The molecule has 0 aromatic heterocycles. The van der Waals surface area contributed by atoms with Gasteiger partial charge >= 0.3 is 0 Å². The second-order valence-corrected chi connectivity index (χ2v) is 6.00. The molecule has 1 aliphatic rings. The summed E-state index contributed by atoms with van der Waals surface area (Å²) < 4.78 is 5.27. The number of piperidine rings is 1. The molecule has 1 aromatic carbocycles. The molecule has 1 atom stereocenters. The predicted molar refractivity (Wildman–Crippen MR) is 86.3 cm³/mol. The molecule has 1 aromatic rings. The SMILES string of the molecule is COc1cc(Cl)c(C)cc1NC(=O)C1CCCN(C(C)=O)C1. The lowest BCUT2D eigenvalue weighted by molar-refractivity contribution is -0.132. The Bertz CT molecular complexity index is 589. The predicted octanol–water partition coefficient (Wildman–Crippen LogP) is 2.85. The number of nitrogens with one attached hydrogen (secondary N) is 1. The van der Waals surface area contributed by atoms with Crippen LogP contribution in [0.25, 0.3) is 0 Å². The van der Waals surface area contributed by atoms with Gasteiger partial charge in [-0.05, 0) is 31.4 Å². The number of amides is 2. The van der Waals surface area contributed by atoms with Crippen LogP contribution >= 0.6 is 11.6 Å². The molecule has 0 bridgehead atoms. The van der Waals surface area contributed by atoms with Crippen LogP contribution in [0.3, 0.4) is 0 Å². The van der Waals surface area contributed by atoms with Crippen LogP contribution in [0.1, 0.15) is 25.3 Å². The summed E-state index contributed by atoms with van der Waals surface area (Å²) in [7, 11) is 1.54. The molecular formula is C16H21ClN2O3. The zero-order chi connectivity index (χ0) is 16.3. The van der Waals surface area contributed by atoms with Crippen LogP contribution in [0.2, 0.25) is 5.02 Å². The second-order valence-electron chi connectivity index (χ2n) is 5.60. The zero-order valence-corrected chi connectivity index (χ0v) is 13.9. The first-order chi connectivity index (χ1) is 10.4. The average molecular weight is 325 g/mol. The monoisotopic (exact) mass is 324 g/mol. The fraction of sp³-hybridized carbons (Fsp3) is 0.500. The maximum atomic E-state index is 12.5. The fourth-order valence-electron chi connectivity index (χ4n) is 2.64. The molecule has 22 heavy (non-hydrogen) atoms. The Labute approximate surface area is 135 Å². The maximum absolute atomic E-state index is 12.5. The minimum absolute atomic E-state index is 0.0115. The van der Waals surface area contributed by atoms with Crippen molar-refractivity contribution in [3.8, 4) is 5.75 Å². The standard InChI is InChI=1S/C16H21ClN2O3/c1-10-7-14(15(22-3)8-13(10)17)18-16(21)12-5-4-6-19(9-12)11(2)20/h7-8,12H,4-6,9H2,1-3H3,(H,18,21). The van der Waals surface area contributed by atoms with Crippen LogP contribution in [0.15, 0.2) is 12.1 Å². The number of anilines is 1. The van der Waals surface area contributed by atoms with E-state index in [9.17, 15) is 9.59 Å². The number of hydrogen-bond donors (Lipinski definition) is 1. The highest BCUT2D eigenvalue weighted by atomic mass is 35.5. The summed E-state index contributed by atoms with van der Waals surface area (Å²) in [5, 5.41) is 3.49. The Morgan fingerprint density at radius 3 is 2.77 bits per heavy atom. The van der Waals surface area contributed by atoms with Gasteiger partial charge in [0.1, 0.15) is 5.75 Å². The van der Waals surface area contributed by atoms with Crippen molar-refractivity contribution < 1.29 is 14.3 Å². The van der Waals surface area contributed by atoms with Crippen LogP contribution in [0.5, 0.6) is 5.75 Å². The van der Waals surface area contributed by atoms with E-state index in [1.54, 1.807) is 17.0 Å². The molecule has 5 nitrogen and oxygen atoms in total. The molecule has 1 saturated heterocycles. The van der Waals surface area contributed by atoms with E-state index in [-0.39, 0.29) is 17.7 Å². The number of aryl methyl sites for hydroxylation is 1. The smallest absolute Gasteiger partial charge is 0.229 e. The number of nitrogens with zero attached hydrogens (tertiary/aromatic N) is 1. The Balaban J connectivity index is 2.11. The van der Waals surface area contributed by atoms with Gasteiger partial charge in [-0.15, -0.1) is 0 Å². The van der Waals surface area contributed by atoms with Gasteiger partial charge in [0.2, 0.25) is 11.8 Å². The summed E-state index contributed by atoms with van der Waals surface area (Å²) in [4.78, 5) is 25.7. The Morgan fingerprint density at radius 1 is 1.41 bits per heavy atom. The number of hydrogen-bond acceptors (Lipinski definition) is 3. The number of methoxy groups -OCH3 is 1. The van der Waals surface area contributed by atoms with E-state index in [1.807, 2.05) is 6.92 Å². The molecule has 2 rings (SSSR count). The number of likely N-dealkylation sites (tertiary alicyclic amines) is 1. The van der Waals surface area contributed by atoms with Gasteiger partial charge in [0.25, 0.3) is 0 Å². The Morgan fingerprint density at radius 2 is 2.14 bits per heavy atom. The van der Waals surface area contributed by atoms with Crippen molar-refractivity contribution in [2.45, 2.75) is 26.7 Å². The van der Waals surface area contributed by atoms with Gasteiger partial charge in [-0.2, -0.15) is 0 Å². The molecule has 0 aliphatic carbocycles. The molecule has 0 radical (unpaired) electrons. The highest BCUT2D eigenvalue weighted by molar-refractivity contribution is 6.31. The quantitative estimate of drug-likeness (QED) is 0.930. The number of halogens is 1. The van der Waals surface area contributed by atoms with Crippen molar-refractivity contribution >= 4 is 29.1 Å². The molecule has 1 aliphatic heterocycles. The molecule has 1 unspecified atom stereocenters. The van der Waals surface area contributed by atoms with E-state index in [2.05, 4.69) is 5.32 Å². The van der Waals surface area contributed by atoms with Gasteiger partial charge in [-0.1, -0.05) is 11.6 Å². The Kier molecular flexibility index (Phi) is 5.29.